The first-order chi connectivity index (χ1) is 6.77. The molecule has 0 aliphatic carbocycles. The molecule has 0 aliphatic rings. The summed E-state index contributed by atoms with van der Waals surface area (Å²) in [5.41, 5.74) is 0.406. The highest BCUT2D eigenvalue weighted by molar-refractivity contribution is 6.58. The van der Waals surface area contributed by atoms with E-state index in [1.165, 1.54) is 6.20 Å². The molecule has 6 heteroatoms. The first-order valence-electron chi connectivity index (χ1n) is 4.08. The maximum atomic E-state index is 8.95. The minimum atomic E-state index is -1.47. The molecule has 2 heterocycles. The molecule has 2 aromatic heterocycles. The molecule has 0 aromatic carbocycles. The number of aromatic nitrogens is 3. The van der Waals surface area contributed by atoms with Crippen LogP contribution in [0.4, 0.5) is 0 Å². The number of rotatable bonds is 2. The maximum absolute atomic E-state index is 8.95. The van der Waals surface area contributed by atoms with Crippen molar-refractivity contribution >= 4 is 12.6 Å². The normalized spacial score (nSPS) is 10.1. The fourth-order valence-electron chi connectivity index (χ4n) is 1.13. The Kier molecular flexibility index (Phi) is 2.30. The van der Waals surface area contributed by atoms with E-state index >= 15 is 0 Å². The summed E-state index contributed by atoms with van der Waals surface area (Å²) in [6.07, 6.45) is 6.47. The topological polar surface area (TPSA) is 71.2 Å². The van der Waals surface area contributed by atoms with Gasteiger partial charge in [0.25, 0.3) is 0 Å². The molecule has 2 N–H and O–H groups in total. The van der Waals surface area contributed by atoms with Crippen molar-refractivity contribution in [3.8, 4) is 5.82 Å². The zero-order valence-electron chi connectivity index (χ0n) is 7.28. The third-order valence-corrected chi connectivity index (χ3v) is 1.84. The van der Waals surface area contributed by atoms with Crippen molar-refractivity contribution in [3.63, 3.8) is 0 Å². The Morgan fingerprint density at radius 1 is 1.29 bits per heavy atom. The van der Waals surface area contributed by atoms with Crippen molar-refractivity contribution in [1.82, 2.24) is 14.5 Å². The average molecular weight is 189 g/mol. The standard InChI is InChI=1S/C8H8BN3O2/c13-9(14)7-1-2-11-8(5-7)12-4-3-10-6-12/h1-6,13-14H. The molecule has 0 saturated heterocycles. The van der Waals surface area contributed by atoms with Crippen LogP contribution in [0.5, 0.6) is 0 Å². The fourth-order valence-corrected chi connectivity index (χ4v) is 1.13. The molecule has 2 aromatic rings. The quantitative estimate of drug-likeness (QED) is 0.591. The monoisotopic (exact) mass is 189 g/mol. The van der Waals surface area contributed by atoms with E-state index < -0.39 is 7.12 Å². The van der Waals surface area contributed by atoms with Crippen molar-refractivity contribution in [2.45, 2.75) is 0 Å². The van der Waals surface area contributed by atoms with Crippen LogP contribution in [-0.4, -0.2) is 31.7 Å². The lowest BCUT2D eigenvalue weighted by Crippen LogP contribution is -2.30. The number of pyridine rings is 1. The number of imidazole rings is 1. The van der Waals surface area contributed by atoms with Crippen LogP contribution in [0.1, 0.15) is 0 Å². The highest BCUT2D eigenvalue weighted by atomic mass is 16.4. The van der Waals surface area contributed by atoms with Gasteiger partial charge in [-0.3, -0.25) is 4.57 Å². The van der Waals surface area contributed by atoms with Gasteiger partial charge in [-0.1, -0.05) is 0 Å². The molecular formula is C8H8BN3O2. The van der Waals surface area contributed by atoms with Crippen LogP contribution in [-0.2, 0) is 0 Å². The van der Waals surface area contributed by atoms with Gasteiger partial charge in [-0.25, -0.2) is 9.97 Å². The summed E-state index contributed by atoms with van der Waals surface area (Å²) >= 11 is 0. The minimum absolute atomic E-state index is 0.406. The van der Waals surface area contributed by atoms with Crippen LogP contribution in [0, 0.1) is 0 Å². The van der Waals surface area contributed by atoms with E-state index in [9.17, 15) is 0 Å². The highest BCUT2D eigenvalue weighted by Gasteiger charge is 2.11. The van der Waals surface area contributed by atoms with Gasteiger partial charge in [0.2, 0.25) is 0 Å². The lowest BCUT2D eigenvalue weighted by Gasteiger charge is -2.03. The average Bonchev–Trinajstić information content (AvgIpc) is 2.71. The summed E-state index contributed by atoms with van der Waals surface area (Å²) in [6, 6.07) is 3.14. The number of hydrogen-bond donors (Lipinski definition) is 2. The van der Waals surface area contributed by atoms with Gasteiger partial charge in [-0.2, -0.15) is 0 Å². The molecule has 0 radical (unpaired) electrons. The van der Waals surface area contributed by atoms with E-state index in [0.29, 0.717) is 11.3 Å². The summed E-state index contributed by atoms with van der Waals surface area (Å²) < 4.78 is 1.69. The first-order valence-corrected chi connectivity index (χ1v) is 4.08. The van der Waals surface area contributed by atoms with Crippen LogP contribution in [0.3, 0.4) is 0 Å². The SMILES string of the molecule is OB(O)c1ccnc(-n2ccnc2)c1. The Hall–Kier alpha value is -1.66. The van der Waals surface area contributed by atoms with E-state index in [0.717, 1.165) is 0 Å². The van der Waals surface area contributed by atoms with Gasteiger partial charge >= 0.3 is 7.12 Å². The van der Waals surface area contributed by atoms with E-state index in [1.807, 2.05) is 0 Å². The second-order valence-corrected chi connectivity index (χ2v) is 2.79. The molecule has 70 valence electrons. The Morgan fingerprint density at radius 2 is 2.14 bits per heavy atom. The summed E-state index contributed by atoms with van der Waals surface area (Å²) in [6.45, 7) is 0. The van der Waals surface area contributed by atoms with Crippen LogP contribution in [0.2, 0.25) is 0 Å². The summed E-state index contributed by atoms with van der Waals surface area (Å²) in [7, 11) is -1.47. The van der Waals surface area contributed by atoms with Crippen LogP contribution in [0.25, 0.3) is 5.82 Å². The van der Waals surface area contributed by atoms with Gasteiger partial charge in [0, 0.05) is 18.6 Å². The lowest BCUT2D eigenvalue weighted by atomic mass is 9.81. The molecule has 2 rings (SSSR count). The highest BCUT2D eigenvalue weighted by Crippen LogP contribution is 1.99. The molecule has 0 bridgehead atoms. The van der Waals surface area contributed by atoms with E-state index in [2.05, 4.69) is 9.97 Å². The van der Waals surface area contributed by atoms with E-state index in [4.69, 9.17) is 10.0 Å². The molecule has 0 saturated carbocycles. The minimum Gasteiger partial charge on any atom is -0.423 e. The van der Waals surface area contributed by atoms with E-state index in [1.54, 1.807) is 35.4 Å². The Bertz CT molecular complexity index is 416. The van der Waals surface area contributed by atoms with Crippen molar-refractivity contribution < 1.29 is 10.0 Å². The molecule has 0 unspecified atom stereocenters. The summed E-state index contributed by atoms with van der Waals surface area (Å²) in [5, 5.41) is 17.9. The maximum Gasteiger partial charge on any atom is 0.488 e. The largest absolute Gasteiger partial charge is 0.488 e. The first kappa shape index (κ1) is 8.92. The molecule has 0 spiro atoms. The van der Waals surface area contributed by atoms with E-state index in [-0.39, 0.29) is 0 Å². The van der Waals surface area contributed by atoms with Gasteiger partial charge < -0.3 is 10.0 Å². The summed E-state index contributed by atoms with van der Waals surface area (Å²) in [5.74, 6) is 0.605. The van der Waals surface area contributed by atoms with Crippen molar-refractivity contribution in [2.75, 3.05) is 0 Å². The fraction of sp³-hybridized carbons (Fsp3) is 0. The molecule has 5 nitrogen and oxygen atoms in total. The van der Waals surface area contributed by atoms with Gasteiger partial charge in [0.1, 0.15) is 12.1 Å². The second-order valence-electron chi connectivity index (χ2n) is 2.79. The zero-order chi connectivity index (χ0) is 9.97. The van der Waals surface area contributed by atoms with Gasteiger partial charge in [0.05, 0.1) is 0 Å². The Balaban J connectivity index is 2.41. The molecular weight excluding hydrogens is 181 g/mol. The number of hydrogen-bond acceptors (Lipinski definition) is 4. The molecule has 14 heavy (non-hydrogen) atoms. The van der Waals surface area contributed by atoms with Gasteiger partial charge in [0.15, 0.2) is 0 Å². The molecule has 0 atom stereocenters. The van der Waals surface area contributed by atoms with Crippen molar-refractivity contribution in [2.24, 2.45) is 0 Å². The summed E-state index contributed by atoms with van der Waals surface area (Å²) in [4.78, 5) is 7.94. The van der Waals surface area contributed by atoms with Crippen LogP contribution >= 0.6 is 0 Å². The van der Waals surface area contributed by atoms with Gasteiger partial charge in [-0.05, 0) is 17.6 Å². The zero-order valence-corrected chi connectivity index (χ0v) is 7.28. The molecule has 0 fully saturated rings. The lowest BCUT2D eigenvalue weighted by molar-refractivity contribution is 0.425. The predicted octanol–water partition coefficient (Wildman–Crippen LogP) is -1.05. The Labute approximate surface area is 80.8 Å². The van der Waals surface area contributed by atoms with Crippen molar-refractivity contribution in [3.05, 3.63) is 37.1 Å². The predicted molar refractivity (Wildman–Crippen MR) is 51.2 cm³/mol. The van der Waals surface area contributed by atoms with Crippen LogP contribution in [0.15, 0.2) is 37.1 Å². The van der Waals surface area contributed by atoms with Gasteiger partial charge in [-0.15, -0.1) is 0 Å². The third-order valence-electron chi connectivity index (χ3n) is 1.84. The molecule has 0 aliphatic heterocycles. The Morgan fingerprint density at radius 3 is 2.79 bits per heavy atom. The smallest absolute Gasteiger partial charge is 0.423 e. The third kappa shape index (κ3) is 1.66. The van der Waals surface area contributed by atoms with Crippen LogP contribution < -0.4 is 5.46 Å². The number of nitrogens with zero attached hydrogens (tertiary/aromatic N) is 3. The second kappa shape index (κ2) is 3.61. The van der Waals surface area contributed by atoms with Crippen molar-refractivity contribution in [1.29, 1.82) is 0 Å². The molecule has 0 amide bonds.